The normalized spacial score (nSPS) is 12.9. The average molecular weight is 316 g/mol. The maximum Gasteiger partial charge on any atom is 0.221 e. The molecule has 2 rings (SSSR count). The van der Waals surface area contributed by atoms with E-state index in [9.17, 15) is 5.11 Å². The van der Waals surface area contributed by atoms with E-state index < -0.39 is 6.29 Å². The van der Waals surface area contributed by atoms with Crippen LogP contribution in [0, 0.1) is 0 Å². The summed E-state index contributed by atoms with van der Waals surface area (Å²) in [5, 5.41) is 18.3. The second-order valence-corrected chi connectivity index (χ2v) is 5.89. The van der Waals surface area contributed by atoms with Crippen LogP contribution in [0.15, 0.2) is 54.6 Å². The number of ether oxygens (including phenoxy) is 2. The Balaban J connectivity index is 2.02. The van der Waals surface area contributed by atoms with Gasteiger partial charge < -0.3 is 19.7 Å². The van der Waals surface area contributed by atoms with Crippen molar-refractivity contribution < 1.29 is 19.7 Å². The zero-order valence-corrected chi connectivity index (χ0v) is 13.6. The first-order valence-corrected chi connectivity index (χ1v) is 7.73. The average Bonchev–Trinajstić information content (AvgIpc) is 2.56. The van der Waals surface area contributed by atoms with Crippen LogP contribution in [0.5, 0.6) is 5.75 Å². The van der Waals surface area contributed by atoms with Crippen molar-refractivity contribution in [3.63, 3.8) is 0 Å². The van der Waals surface area contributed by atoms with Gasteiger partial charge in [-0.15, -0.1) is 0 Å². The Hall–Kier alpha value is -1.88. The molecule has 0 heterocycles. The smallest absolute Gasteiger partial charge is 0.221 e. The van der Waals surface area contributed by atoms with Gasteiger partial charge in [0.2, 0.25) is 6.29 Å². The molecule has 0 saturated heterocycles. The molecule has 0 bridgehead atoms. The lowest BCUT2D eigenvalue weighted by Crippen LogP contribution is -2.23. The van der Waals surface area contributed by atoms with Crippen molar-refractivity contribution in [3.05, 3.63) is 65.7 Å². The monoisotopic (exact) mass is 316 g/mol. The molecule has 1 unspecified atom stereocenters. The van der Waals surface area contributed by atoms with Crippen molar-refractivity contribution in [1.29, 1.82) is 0 Å². The molecule has 4 heteroatoms. The van der Waals surface area contributed by atoms with Crippen LogP contribution < -0.4 is 4.74 Å². The first-order valence-electron chi connectivity index (χ1n) is 7.73. The van der Waals surface area contributed by atoms with Gasteiger partial charge in [-0.25, -0.2) is 0 Å². The van der Waals surface area contributed by atoms with E-state index in [-0.39, 0.29) is 25.2 Å². The molecule has 23 heavy (non-hydrogen) atoms. The van der Waals surface area contributed by atoms with Crippen LogP contribution in [-0.4, -0.2) is 36.3 Å². The zero-order chi connectivity index (χ0) is 16.7. The van der Waals surface area contributed by atoms with Gasteiger partial charge in [-0.3, -0.25) is 0 Å². The summed E-state index contributed by atoms with van der Waals surface area (Å²) in [6, 6.07) is 18.0. The van der Waals surface area contributed by atoms with Gasteiger partial charge in [-0.2, -0.15) is 0 Å². The van der Waals surface area contributed by atoms with E-state index in [0.29, 0.717) is 5.75 Å². The molecule has 2 aromatic carbocycles. The van der Waals surface area contributed by atoms with E-state index in [1.165, 1.54) is 11.1 Å². The van der Waals surface area contributed by atoms with Crippen LogP contribution in [-0.2, 0) is 10.2 Å². The number of aliphatic hydroxyl groups excluding tert-OH is 2. The molecule has 1 atom stereocenters. The van der Waals surface area contributed by atoms with Crippen LogP contribution in [0.4, 0.5) is 0 Å². The molecular weight excluding hydrogens is 292 g/mol. The maximum absolute atomic E-state index is 9.71. The van der Waals surface area contributed by atoms with E-state index in [1.807, 2.05) is 42.5 Å². The zero-order valence-electron chi connectivity index (χ0n) is 13.6. The van der Waals surface area contributed by atoms with Gasteiger partial charge in [0.25, 0.3) is 0 Å². The van der Waals surface area contributed by atoms with Crippen LogP contribution in [0.1, 0.15) is 25.0 Å². The van der Waals surface area contributed by atoms with Crippen molar-refractivity contribution in [2.45, 2.75) is 25.6 Å². The van der Waals surface area contributed by atoms with Gasteiger partial charge in [0, 0.05) is 5.41 Å². The minimum absolute atomic E-state index is 0.0256. The minimum Gasteiger partial charge on any atom is -0.463 e. The molecule has 124 valence electrons. The fourth-order valence-corrected chi connectivity index (χ4v) is 2.41. The highest BCUT2D eigenvalue weighted by molar-refractivity contribution is 5.39. The Labute approximate surface area is 137 Å². The standard InChI is InChI=1S/C19H24O4/c1-19(2,15-6-4-3-5-7-15)16-8-10-17(11-9-16)23-18(21)14-22-13-12-20/h3-11,18,20-21H,12-14H2,1-2H3. The van der Waals surface area contributed by atoms with Crippen molar-refractivity contribution >= 4 is 0 Å². The van der Waals surface area contributed by atoms with Crippen molar-refractivity contribution in [3.8, 4) is 5.75 Å². The fraction of sp³-hybridized carbons (Fsp3) is 0.368. The third-order valence-electron chi connectivity index (χ3n) is 3.84. The van der Waals surface area contributed by atoms with Crippen molar-refractivity contribution in [1.82, 2.24) is 0 Å². The van der Waals surface area contributed by atoms with E-state index in [4.69, 9.17) is 14.6 Å². The van der Waals surface area contributed by atoms with Gasteiger partial charge >= 0.3 is 0 Å². The summed E-state index contributed by atoms with van der Waals surface area (Å²) in [6.07, 6.45) is -1.05. The highest BCUT2D eigenvalue weighted by Crippen LogP contribution is 2.32. The Morgan fingerprint density at radius 3 is 2.17 bits per heavy atom. The maximum atomic E-state index is 9.71. The Kier molecular flexibility index (Phi) is 6.16. The number of hydrogen-bond acceptors (Lipinski definition) is 4. The molecule has 0 amide bonds. The summed E-state index contributed by atoms with van der Waals surface area (Å²) in [5.41, 5.74) is 2.30. The quantitative estimate of drug-likeness (QED) is 0.581. The van der Waals surface area contributed by atoms with Crippen molar-refractivity contribution in [2.24, 2.45) is 0 Å². The summed E-state index contributed by atoms with van der Waals surface area (Å²) < 4.78 is 10.4. The number of rotatable bonds is 8. The Bertz CT molecular complexity index is 578. The third-order valence-corrected chi connectivity index (χ3v) is 3.84. The molecule has 0 fully saturated rings. The molecule has 2 N–H and O–H groups in total. The molecule has 0 aliphatic heterocycles. The third kappa shape index (κ3) is 4.79. The highest BCUT2D eigenvalue weighted by Gasteiger charge is 2.22. The molecule has 2 aromatic rings. The van der Waals surface area contributed by atoms with E-state index in [2.05, 4.69) is 26.0 Å². The van der Waals surface area contributed by atoms with Crippen LogP contribution >= 0.6 is 0 Å². The predicted molar refractivity (Wildman–Crippen MR) is 89.6 cm³/mol. The van der Waals surface area contributed by atoms with Crippen molar-refractivity contribution in [2.75, 3.05) is 19.8 Å². The fourth-order valence-electron chi connectivity index (χ4n) is 2.41. The summed E-state index contributed by atoms with van der Waals surface area (Å²) in [6.45, 7) is 4.49. The first-order chi connectivity index (χ1) is 11.0. The topological polar surface area (TPSA) is 58.9 Å². The number of hydrogen-bond donors (Lipinski definition) is 2. The molecule has 0 radical (unpaired) electrons. The lowest BCUT2D eigenvalue weighted by Gasteiger charge is -2.26. The Morgan fingerprint density at radius 1 is 0.957 bits per heavy atom. The van der Waals surface area contributed by atoms with Gasteiger partial charge in [-0.05, 0) is 23.3 Å². The van der Waals surface area contributed by atoms with Gasteiger partial charge in [0.05, 0.1) is 13.2 Å². The molecular formula is C19H24O4. The summed E-state index contributed by atoms with van der Waals surface area (Å²) in [5.74, 6) is 0.581. The second kappa shape index (κ2) is 8.11. The Morgan fingerprint density at radius 2 is 1.57 bits per heavy atom. The van der Waals surface area contributed by atoms with Crippen LogP contribution in [0.25, 0.3) is 0 Å². The molecule has 0 saturated carbocycles. The lowest BCUT2D eigenvalue weighted by atomic mass is 9.78. The SMILES string of the molecule is CC(C)(c1ccccc1)c1ccc(OC(O)COCCO)cc1. The first kappa shape index (κ1) is 17.5. The molecule has 0 aromatic heterocycles. The summed E-state index contributed by atoms with van der Waals surface area (Å²) in [7, 11) is 0. The van der Waals surface area contributed by atoms with E-state index >= 15 is 0 Å². The number of benzene rings is 2. The lowest BCUT2D eigenvalue weighted by molar-refractivity contribution is -0.0809. The second-order valence-electron chi connectivity index (χ2n) is 5.89. The van der Waals surface area contributed by atoms with Gasteiger partial charge in [-0.1, -0.05) is 56.3 Å². The summed E-state index contributed by atoms with van der Waals surface area (Å²) in [4.78, 5) is 0. The molecule has 0 aliphatic rings. The van der Waals surface area contributed by atoms with Crippen LogP contribution in [0.3, 0.4) is 0 Å². The molecule has 4 nitrogen and oxygen atoms in total. The van der Waals surface area contributed by atoms with E-state index in [1.54, 1.807) is 0 Å². The van der Waals surface area contributed by atoms with E-state index in [0.717, 1.165) is 0 Å². The van der Waals surface area contributed by atoms with Gasteiger partial charge in [0.15, 0.2) is 0 Å². The minimum atomic E-state index is -1.05. The highest BCUT2D eigenvalue weighted by atomic mass is 16.6. The molecule has 0 aliphatic carbocycles. The predicted octanol–water partition coefficient (Wildman–Crippen LogP) is 2.72. The van der Waals surface area contributed by atoms with Gasteiger partial charge in [0.1, 0.15) is 12.4 Å². The number of aliphatic hydroxyl groups is 2. The summed E-state index contributed by atoms with van der Waals surface area (Å²) >= 11 is 0. The van der Waals surface area contributed by atoms with Crippen LogP contribution in [0.2, 0.25) is 0 Å². The largest absolute Gasteiger partial charge is 0.463 e. The molecule has 0 spiro atoms.